The Morgan fingerprint density at radius 1 is 1.58 bits per heavy atom. The largest absolute Gasteiger partial charge is 0.376 e. The summed E-state index contributed by atoms with van der Waals surface area (Å²) in [5.41, 5.74) is 7.31. The van der Waals surface area contributed by atoms with Crippen LogP contribution in [0.25, 0.3) is 0 Å². The number of carbonyl (C=O) groups is 1. The summed E-state index contributed by atoms with van der Waals surface area (Å²) in [6.07, 6.45) is 2.20. The Bertz CT molecular complexity index is 430. The van der Waals surface area contributed by atoms with Gasteiger partial charge in [-0.25, -0.2) is 4.79 Å². The molecule has 104 valence electrons. The molecule has 2 amide bonds. The van der Waals surface area contributed by atoms with Gasteiger partial charge in [-0.2, -0.15) is 0 Å². The molecule has 4 N–H and O–H groups in total. The normalized spacial score (nSPS) is 20.0. The van der Waals surface area contributed by atoms with Gasteiger partial charge in [0.05, 0.1) is 12.1 Å². The van der Waals surface area contributed by atoms with Crippen molar-refractivity contribution in [1.29, 1.82) is 0 Å². The summed E-state index contributed by atoms with van der Waals surface area (Å²) in [4.78, 5) is 11.9. The molecule has 0 aliphatic carbocycles. The topological polar surface area (TPSA) is 76.4 Å². The molecule has 5 nitrogen and oxygen atoms in total. The number of nitrogens with two attached hydrogens (primary N) is 1. The first-order valence-electron chi connectivity index (χ1n) is 6.67. The van der Waals surface area contributed by atoms with Gasteiger partial charge in [-0.05, 0) is 37.5 Å². The van der Waals surface area contributed by atoms with Crippen LogP contribution < -0.4 is 16.4 Å². The lowest BCUT2D eigenvalue weighted by Gasteiger charge is -2.20. The molecule has 1 aliphatic rings. The van der Waals surface area contributed by atoms with Crippen molar-refractivity contribution in [3.63, 3.8) is 0 Å². The lowest BCUT2D eigenvalue weighted by Crippen LogP contribution is -2.42. The molecule has 0 aromatic heterocycles. The monoisotopic (exact) mass is 263 g/mol. The van der Waals surface area contributed by atoms with E-state index in [1.54, 1.807) is 0 Å². The lowest BCUT2D eigenvalue weighted by molar-refractivity contribution is 0.0868. The van der Waals surface area contributed by atoms with Crippen LogP contribution >= 0.6 is 0 Å². The van der Waals surface area contributed by atoms with E-state index in [-0.39, 0.29) is 18.2 Å². The molecule has 2 unspecified atom stereocenters. The maximum atomic E-state index is 11.9. The van der Waals surface area contributed by atoms with E-state index in [1.165, 1.54) is 0 Å². The third-order valence-corrected chi connectivity index (χ3v) is 3.30. The van der Waals surface area contributed by atoms with Gasteiger partial charge in [0.1, 0.15) is 0 Å². The summed E-state index contributed by atoms with van der Waals surface area (Å²) in [6, 6.07) is 7.32. The fraction of sp³-hybridized carbons (Fsp3) is 0.500. The maximum absolute atomic E-state index is 11.9. The van der Waals surface area contributed by atoms with Crippen molar-refractivity contribution >= 4 is 11.7 Å². The maximum Gasteiger partial charge on any atom is 0.319 e. The number of amides is 2. The van der Waals surface area contributed by atoms with Gasteiger partial charge in [-0.15, -0.1) is 0 Å². The van der Waals surface area contributed by atoms with Crippen molar-refractivity contribution in [2.75, 3.05) is 11.9 Å². The third kappa shape index (κ3) is 3.94. The second kappa shape index (κ2) is 6.54. The first-order valence-corrected chi connectivity index (χ1v) is 6.67. The smallest absolute Gasteiger partial charge is 0.319 e. The number of urea groups is 1. The highest BCUT2D eigenvalue weighted by Gasteiger charge is 2.23. The van der Waals surface area contributed by atoms with Crippen LogP contribution in [0.5, 0.6) is 0 Å². The minimum Gasteiger partial charge on any atom is -0.376 e. The van der Waals surface area contributed by atoms with E-state index in [4.69, 9.17) is 10.5 Å². The van der Waals surface area contributed by atoms with Gasteiger partial charge in [0.15, 0.2) is 0 Å². The van der Waals surface area contributed by atoms with Gasteiger partial charge in [-0.1, -0.05) is 12.1 Å². The zero-order valence-electron chi connectivity index (χ0n) is 11.2. The van der Waals surface area contributed by atoms with E-state index in [9.17, 15) is 4.79 Å². The standard InChI is InChI=1S/C14H21N3O2/c1-10(13-6-3-7-19-13)16-14(18)17-12-5-2-4-11(8-12)9-15/h2,4-5,8,10,13H,3,6-7,9,15H2,1H3,(H2,16,17,18). The zero-order chi connectivity index (χ0) is 13.7. The minimum atomic E-state index is -0.211. The van der Waals surface area contributed by atoms with Crippen LogP contribution in [-0.4, -0.2) is 24.8 Å². The Morgan fingerprint density at radius 2 is 2.42 bits per heavy atom. The first kappa shape index (κ1) is 13.8. The fourth-order valence-corrected chi connectivity index (χ4v) is 2.24. The molecule has 0 saturated carbocycles. The Labute approximate surface area is 113 Å². The van der Waals surface area contributed by atoms with E-state index >= 15 is 0 Å². The molecule has 1 aliphatic heterocycles. The molecule has 5 heteroatoms. The number of benzene rings is 1. The van der Waals surface area contributed by atoms with E-state index in [0.717, 1.165) is 30.7 Å². The summed E-state index contributed by atoms with van der Waals surface area (Å²) in [5.74, 6) is 0. The van der Waals surface area contributed by atoms with Crippen molar-refractivity contribution in [2.24, 2.45) is 5.73 Å². The number of nitrogens with one attached hydrogen (secondary N) is 2. The van der Waals surface area contributed by atoms with E-state index in [1.807, 2.05) is 31.2 Å². The van der Waals surface area contributed by atoms with Gasteiger partial charge in [0.25, 0.3) is 0 Å². The summed E-state index contributed by atoms with van der Waals surface area (Å²) < 4.78 is 5.54. The van der Waals surface area contributed by atoms with Crippen LogP contribution in [-0.2, 0) is 11.3 Å². The summed E-state index contributed by atoms with van der Waals surface area (Å²) in [6.45, 7) is 3.21. The fourth-order valence-electron chi connectivity index (χ4n) is 2.24. The molecule has 1 aromatic carbocycles. The molecule has 0 bridgehead atoms. The molecule has 0 radical (unpaired) electrons. The first-order chi connectivity index (χ1) is 9.19. The van der Waals surface area contributed by atoms with Crippen LogP contribution in [0.3, 0.4) is 0 Å². The summed E-state index contributed by atoms with van der Waals surface area (Å²) >= 11 is 0. The molecule has 19 heavy (non-hydrogen) atoms. The third-order valence-electron chi connectivity index (χ3n) is 3.30. The van der Waals surface area contributed by atoms with Crippen LogP contribution in [0, 0.1) is 0 Å². The average molecular weight is 263 g/mol. The van der Waals surface area contributed by atoms with Crippen LogP contribution in [0.15, 0.2) is 24.3 Å². The van der Waals surface area contributed by atoms with Crippen molar-refractivity contribution in [2.45, 2.75) is 38.5 Å². The zero-order valence-corrected chi connectivity index (χ0v) is 11.2. The van der Waals surface area contributed by atoms with Crippen molar-refractivity contribution in [3.8, 4) is 0 Å². The van der Waals surface area contributed by atoms with Crippen LogP contribution in [0.1, 0.15) is 25.3 Å². The van der Waals surface area contributed by atoms with Crippen molar-refractivity contribution < 1.29 is 9.53 Å². The molecular formula is C14H21N3O2. The highest BCUT2D eigenvalue weighted by Crippen LogP contribution is 2.15. The number of carbonyl (C=O) groups excluding carboxylic acids is 1. The van der Waals surface area contributed by atoms with Gasteiger partial charge >= 0.3 is 6.03 Å². The number of anilines is 1. The molecule has 2 atom stereocenters. The van der Waals surface area contributed by atoms with Gasteiger partial charge in [0.2, 0.25) is 0 Å². The Hall–Kier alpha value is -1.59. The van der Waals surface area contributed by atoms with Gasteiger partial charge in [-0.3, -0.25) is 0 Å². The molecule has 1 heterocycles. The number of ether oxygens (including phenoxy) is 1. The minimum absolute atomic E-state index is 0.0141. The highest BCUT2D eigenvalue weighted by atomic mass is 16.5. The van der Waals surface area contributed by atoms with E-state index in [2.05, 4.69) is 10.6 Å². The average Bonchev–Trinajstić information content (AvgIpc) is 2.92. The van der Waals surface area contributed by atoms with Crippen molar-refractivity contribution in [3.05, 3.63) is 29.8 Å². The highest BCUT2D eigenvalue weighted by molar-refractivity contribution is 5.89. The Kier molecular flexibility index (Phi) is 4.76. The predicted octanol–water partition coefficient (Wildman–Crippen LogP) is 1.83. The molecule has 1 fully saturated rings. The van der Waals surface area contributed by atoms with Crippen LogP contribution in [0.4, 0.5) is 10.5 Å². The molecule has 1 aromatic rings. The second-order valence-electron chi connectivity index (χ2n) is 4.84. The number of hydrogen-bond donors (Lipinski definition) is 3. The quantitative estimate of drug-likeness (QED) is 0.775. The van der Waals surface area contributed by atoms with Gasteiger partial charge in [0, 0.05) is 18.8 Å². The lowest BCUT2D eigenvalue weighted by atomic mass is 10.1. The molecule has 0 spiro atoms. The Morgan fingerprint density at radius 3 is 3.11 bits per heavy atom. The number of rotatable bonds is 4. The Balaban J connectivity index is 1.86. The van der Waals surface area contributed by atoms with Crippen LogP contribution in [0.2, 0.25) is 0 Å². The van der Waals surface area contributed by atoms with Crippen molar-refractivity contribution in [1.82, 2.24) is 5.32 Å². The molecule has 1 saturated heterocycles. The molecule has 2 rings (SSSR count). The van der Waals surface area contributed by atoms with E-state index < -0.39 is 0 Å². The molecular weight excluding hydrogens is 242 g/mol. The SMILES string of the molecule is CC(NC(=O)Nc1cccc(CN)c1)C1CCCO1. The van der Waals surface area contributed by atoms with Gasteiger partial charge < -0.3 is 21.1 Å². The summed E-state index contributed by atoms with van der Waals surface area (Å²) in [7, 11) is 0. The predicted molar refractivity (Wildman–Crippen MR) is 74.9 cm³/mol. The summed E-state index contributed by atoms with van der Waals surface area (Å²) in [5, 5.41) is 5.71. The van der Waals surface area contributed by atoms with E-state index in [0.29, 0.717) is 6.54 Å². The second-order valence-corrected chi connectivity index (χ2v) is 4.84. The number of hydrogen-bond acceptors (Lipinski definition) is 3.